The topological polar surface area (TPSA) is 98.5 Å². The third kappa shape index (κ3) is 3.76. The number of hydrogen-bond acceptors (Lipinski definition) is 5. The third-order valence-electron chi connectivity index (χ3n) is 2.61. The SMILES string of the molecule is COC(=O)c1ccc(C)c(S(=O)(=O)N[C@@H](C)CN)c1. The number of hydrogen-bond donors (Lipinski definition) is 2. The van der Waals surface area contributed by atoms with Gasteiger partial charge in [0.05, 0.1) is 17.6 Å². The molecule has 0 fully saturated rings. The van der Waals surface area contributed by atoms with E-state index in [4.69, 9.17) is 5.73 Å². The molecule has 19 heavy (non-hydrogen) atoms. The fourth-order valence-electron chi connectivity index (χ4n) is 1.51. The number of rotatable bonds is 5. The molecule has 0 saturated carbocycles. The smallest absolute Gasteiger partial charge is 0.337 e. The van der Waals surface area contributed by atoms with Crippen LogP contribution in [-0.2, 0) is 14.8 Å². The molecule has 7 heteroatoms. The second-order valence-electron chi connectivity index (χ2n) is 4.23. The molecule has 0 saturated heterocycles. The van der Waals surface area contributed by atoms with Gasteiger partial charge in [-0.2, -0.15) is 0 Å². The minimum Gasteiger partial charge on any atom is -0.465 e. The van der Waals surface area contributed by atoms with Crippen molar-refractivity contribution in [2.75, 3.05) is 13.7 Å². The lowest BCUT2D eigenvalue weighted by Gasteiger charge is -2.14. The average molecular weight is 286 g/mol. The van der Waals surface area contributed by atoms with Crippen molar-refractivity contribution in [3.05, 3.63) is 29.3 Å². The molecule has 1 rings (SSSR count). The van der Waals surface area contributed by atoms with Crippen LogP contribution in [-0.4, -0.2) is 34.1 Å². The third-order valence-corrected chi connectivity index (χ3v) is 4.34. The monoisotopic (exact) mass is 286 g/mol. The maximum atomic E-state index is 12.2. The first-order valence-corrected chi connectivity index (χ1v) is 7.21. The highest BCUT2D eigenvalue weighted by Gasteiger charge is 2.20. The lowest BCUT2D eigenvalue weighted by Crippen LogP contribution is -2.38. The summed E-state index contributed by atoms with van der Waals surface area (Å²) in [4.78, 5) is 11.5. The summed E-state index contributed by atoms with van der Waals surface area (Å²) < 4.78 is 31.3. The van der Waals surface area contributed by atoms with Gasteiger partial charge in [0.25, 0.3) is 0 Å². The normalized spacial score (nSPS) is 13.1. The highest BCUT2D eigenvalue weighted by molar-refractivity contribution is 7.89. The van der Waals surface area contributed by atoms with Crippen molar-refractivity contribution in [2.24, 2.45) is 5.73 Å². The number of nitrogens with one attached hydrogen (secondary N) is 1. The zero-order chi connectivity index (χ0) is 14.6. The van der Waals surface area contributed by atoms with Crippen molar-refractivity contribution < 1.29 is 17.9 Å². The van der Waals surface area contributed by atoms with E-state index in [1.165, 1.54) is 19.2 Å². The zero-order valence-corrected chi connectivity index (χ0v) is 12.0. The molecule has 0 aliphatic carbocycles. The Hall–Kier alpha value is -1.44. The molecule has 6 nitrogen and oxygen atoms in total. The molecule has 0 bridgehead atoms. The van der Waals surface area contributed by atoms with Gasteiger partial charge < -0.3 is 10.5 Å². The fraction of sp³-hybridized carbons (Fsp3) is 0.417. The second kappa shape index (κ2) is 6.14. The summed E-state index contributed by atoms with van der Waals surface area (Å²) in [6.07, 6.45) is 0. The number of aryl methyl sites for hydroxylation is 1. The predicted octanol–water partition coefficient (Wildman–Crippen LogP) is 0.407. The summed E-state index contributed by atoms with van der Waals surface area (Å²) >= 11 is 0. The van der Waals surface area contributed by atoms with Gasteiger partial charge in [0.1, 0.15) is 0 Å². The first-order chi connectivity index (χ1) is 8.81. The van der Waals surface area contributed by atoms with Crippen LogP contribution in [0.1, 0.15) is 22.8 Å². The maximum absolute atomic E-state index is 12.2. The molecule has 1 aromatic rings. The van der Waals surface area contributed by atoms with Gasteiger partial charge in [-0.3, -0.25) is 0 Å². The van der Waals surface area contributed by atoms with Gasteiger partial charge in [-0.15, -0.1) is 0 Å². The second-order valence-corrected chi connectivity index (χ2v) is 5.91. The molecule has 0 aliphatic rings. The molecule has 0 unspecified atom stereocenters. The molecule has 0 amide bonds. The van der Waals surface area contributed by atoms with Gasteiger partial charge in [0, 0.05) is 12.6 Å². The van der Waals surface area contributed by atoms with E-state index in [0.717, 1.165) is 0 Å². The van der Waals surface area contributed by atoms with Crippen molar-refractivity contribution in [1.29, 1.82) is 0 Å². The summed E-state index contributed by atoms with van der Waals surface area (Å²) in [6.45, 7) is 3.51. The Morgan fingerprint density at radius 2 is 2.11 bits per heavy atom. The van der Waals surface area contributed by atoms with Gasteiger partial charge in [-0.1, -0.05) is 6.07 Å². The van der Waals surface area contributed by atoms with E-state index in [9.17, 15) is 13.2 Å². The Labute approximate surface area is 113 Å². The van der Waals surface area contributed by atoms with E-state index in [1.807, 2.05) is 0 Å². The highest BCUT2D eigenvalue weighted by Crippen LogP contribution is 2.18. The van der Waals surface area contributed by atoms with Gasteiger partial charge in [0.15, 0.2) is 0 Å². The molecule has 0 aromatic heterocycles. The standard InChI is InChI=1S/C12H18N2O4S/c1-8-4-5-10(12(15)18-3)6-11(8)19(16,17)14-9(2)7-13/h4-6,9,14H,7,13H2,1-3H3/t9-/m0/s1. The summed E-state index contributed by atoms with van der Waals surface area (Å²) in [6, 6.07) is 4.00. The molecule has 106 valence electrons. The van der Waals surface area contributed by atoms with E-state index >= 15 is 0 Å². The number of nitrogens with two attached hydrogens (primary N) is 1. The van der Waals surface area contributed by atoms with E-state index in [0.29, 0.717) is 5.56 Å². The van der Waals surface area contributed by atoms with Crippen LogP contribution >= 0.6 is 0 Å². The Morgan fingerprint density at radius 1 is 1.47 bits per heavy atom. The maximum Gasteiger partial charge on any atom is 0.337 e. The number of ether oxygens (including phenoxy) is 1. The number of methoxy groups -OCH3 is 1. The number of carbonyl (C=O) groups excluding carboxylic acids is 1. The number of esters is 1. The van der Waals surface area contributed by atoms with Crippen LogP contribution in [0.3, 0.4) is 0 Å². The van der Waals surface area contributed by atoms with Gasteiger partial charge in [0.2, 0.25) is 10.0 Å². The molecular formula is C12H18N2O4S. The highest BCUT2D eigenvalue weighted by atomic mass is 32.2. The summed E-state index contributed by atoms with van der Waals surface area (Å²) in [5.41, 5.74) is 6.13. The molecule has 1 atom stereocenters. The Balaban J connectivity index is 3.22. The molecule has 1 aromatic carbocycles. The van der Waals surface area contributed by atoms with Crippen molar-refractivity contribution >= 4 is 16.0 Å². The number of sulfonamides is 1. The van der Waals surface area contributed by atoms with Crippen LogP contribution < -0.4 is 10.5 Å². The summed E-state index contributed by atoms with van der Waals surface area (Å²) in [7, 11) is -2.46. The van der Waals surface area contributed by atoms with Crippen LogP contribution in [0, 0.1) is 6.92 Å². The average Bonchev–Trinajstić information content (AvgIpc) is 2.37. The van der Waals surface area contributed by atoms with Gasteiger partial charge in [-0.25, -0.2) is 17.9 Å². The molecular weight excluding hydrogens is 268 g/mol. The lowest BCUT2D eigenvalue weighted by atomic mass is 10.1. The number of carbonyl (C=O) groups is 1. The van der Waals surface area contributed by atoms with E-state index in [-0.39, 0.29) is 23.0 Å². The quantitative estimate of drug-likeness (QED) is 0.764. The van der Waals surface area contributed by atoms with Crippen LogP contribution in [0.15, 0.2) is 23.1 Å². The predicted molar refractivity (Wildman–Crippen MR) is 71.4 cm³/mol. The van der Waals surface area contributed by atoms with Crippen LogP contribution in [0.4, 0.5) is 0 Å². The zero-order valence-electron chi connectivity index (χ0n) is 11.1. The van der Waals surface area contributed by atoms with Crippen LogP contribution in [0.25, 0.3) is 0 Å². The van der Waals surface area contributed by atoms with Gasteiger partial charge >= 0.3 is 5.97 Å². The molecule has 0 heterocycles. The largest absolute Gasteiger partial charge is 0.465 e. The minimum absolute atomic E-state index is 0.0516. The lowest BCUT2D eigenvalue weighted by molar-refractivity contribution is 0.0600. The van der Waals surface area contributed by atoms with Crippen molar-refractivity contribution in [3.63, 3.8) is 0 Å². The summed E-state index contributed by atoms with van der Waals surface area (Å²) in [5.74, 6) is -0.580. The Morgan fingerprint density at radius 3 is 2.63 bits per heavy atom. The fourth-order valence-corrected chi connectivity index (χ4v) is 3.04. The van der Waals surface area contributed by atoms with Crippen LogP contribution in [0.5, 0.6) is 0 Å². The molecule has 0 radical (unpaired) electrons. The number of benzene rings is 1. The minimum atomic E-state index is -3.70. The van der Waals surface area contributed by atoms with E-state index < -0.39 is 16.0 Å². The molecule has 0 spiro atoms. The van der Waals surface area contributed by atoms with Crippen molar-refractivity contribution in [1.82, 2.24) is 4.72 Å². The van der Waals surface area contributed by atoms with E-state index in [2.05, 4.69) is 9.46 Å². The van der Waals surface area contributed by atoms with Crippen molar-refractivity contribution in [2.45, 2.75) is 24.8 Å². The Kier molecular flexibility index (Phi) is 5.04. The molecule has 3 N–H and O–H groups in total. The van der Waals surface area contributed by atoms with Crippen LogP contribution in [0.2, 0.25) is 0 Å². The summed E-state index contributed by atoms with van der Waals surface area (Å²) in [5, 5.41) is 0. The first kappa shape index (κ1) is 15.6. The van der Waals surface area contributed by atoms with E-state index in [1.54, 1.807) is 19.9 Å². The van der Waals surface area contributed by atoms with Crippen molar-refractivity contribution in [3.8, 4) is 0 Å². The van der Waals surface area contributed by atoms with Gasteiger partial charge in [-0.05, 0) is 31.5 Å². The Bertz CT molecular complexity index is 569. The first-order valence-electron chi connectivity index (χ1n) is 5.73. The molecule has 0 aliphatic heterocycles.